The lowest BCUT2D eigenvalue weighted by atomic mass is 9.96. The molecule has 1 aliphatic carbocycles. The highest BCUT2D eigenvalue weighted by atomic mass is 16.2. The third-order valence-corrected chi connectivity index (χ3v) is 5.81. The molecule has 4 nitrogen and oxygen atoms in total. The second-order valence-corrected chi connectivity index (χ2v) is 7.59. The number of carbonyl (C=O) groups is 1. The van der Waals surface area contributed by atoms with Crippen LogP contribution in [0.1, 0.15) is 62.9 Å². The van der Waals surface area contributed by atoms with Crippen LogP contribution in [0, 0.1) is 25.7 Å². The number of aryl methyl sites for hydroxylation is 2. The van der Waals surface area contributed by atoms with E-state index in [1.807, 2.05) is 6.20 Å². The molecule has 1 saturated heterocycles. The molecule has 2 fully saturated rings. The largest absolute Gasteiger partial charge is 0.342 e. The van der Waals surface area contributed by atoms with Gasteiger partial charge in [0.25, 0.3) is 0 Å². The minimum atomic E-state index is 0.390. The predicted molar refractivity (Wildman–Crippen MR) is 92.2 cm³/mol. The Morgan fingerprint density at radius 1 is 1.17 bits per heavy atom. The van der Waals surface area contributed by atoms with E-state index in [9.17, 15) is 4.79 Å². The lowest BCUT2D eigenvalue weighted by Gasteiger charge is -2.33. The van der Waals surface area contributed by atoms with Gasteiger partial charge in [0.1, 0.15) is 5.82 Å². The van der Waals surface area contributed by atoms with E-state index in [4.69, 9.17) is 0 Å². The molecule has 23 heavy (non-hydrogen) atoms. The molecule has 1 unspecified atom stereocenters. The van der Waals surface area contributed by atoms with Gasteiger partial charge in [-0.2, -0.15) is 0 Å². The summed E-state index contributed by atoms with van der Waals surface area (Å²) in [6.45, 7) is 7.08. The predicted octanol–water partition coefficient (Wildman–Crippen LogP) is 3.71. The van der Waals surface area contributed by atoms with E-state index in [0.717, 1.165) is 50.6 Å². The van der Waals surface area contributed by atoms with Crippen molar-refractivity contribution >= 4 is 5.91 Å². The molecular weight excluding hydrogens is 286 g/mol. The summed E-state index contributed by atoms with van der Waals surface area (Å²) in [6, 6.07) is 0. The molecule has 1 atom stereocenters. The van der Waals surface area contributed by atoms with Crippen molar-refractivity contribution in [1.82, 2.24) is 14.5 Å². The van der Waals surface area contributed by atoms with Crippen LogP contribution < -0.4 is 0 Å². The Bertz CT molecular complexity index is 511. The third-order valence-electron chi connectivity index (χ3n) is 5.81. The molecule has 1 aromatic heterocycles. The molecular formula is C19H31N3O. The van der Waals surface area contributed by atoms with E-state index in [0.29, 0.717) is 11.8 Å². The summed E-state index contributed by atoms with van der Waals surface area (Å²) >= 11 is 0. The minimum Gasteiger partial charge on any atom is -0.342 e. The number of hydrogen-bond donors (Lipinski definition) is 0. The van der Waals surface area contributed by atoms with Gasteiger partial charge in [0, 0.05) is 37.9 Å². The lowest BCUT2D eigenvalue weighted by molar-refractivity contribution is -0.133. The minimum absolute atomic E-state index is 0.390. The quantitative estimate of drug-likeness (QED) is 0.830. The van der Waals surface area contributed by atoms with Crippen molar-refractivity contribution in [2.45, 2.75) is 71.8 Å². The number of imidazole rings is 1. The van der Waals surface area contributed by atoms with Gasteiger partial charge in [-0.05, 0) is 44.9 Å². The van der Waals surface area contributed by atoms with Crippen molar-refractivity contribution in [1.29, 1.82) is 0 Å². The highest BCUT2D eigenvalue weighted by Gasteiger charge is 2.25. The zero-order valence-corrected chi connectivity index (χ0v) is 14.8. The van der Waals surface area contributed by atoms with Crippen LogP contribution in [0.5, 0.6) is 0 Å². The number of hydrogen-bond acceptors (Lipinski definition) is 2. The van der Waals surface area contributed by atoms with Crippen LogP contribution >= 0.6 is 0 Å². The molecule has 3 rings (SSSR count). The van der Waals surface area contributed by atoms with Gasteiger partial charge in [0.05, 0.1) is 0 Å². The SMILES string of the molecule is Cc1cnc(C)n1CC1CCCN(C(=O)CCC2CCCC2)C1. The lowest BCUT2D eigenvalue weighted by Crippen LogP contribution is -2.41. The van der Waals surface area contributed by atoms with Gasteiger partial charge in [-0.25, -0.2) is 4.98 Å². The molecule has 2 aliphatic rings. The van der Waals surface area contributed by atoms with E-state index in [-0.39, 0.29) is 0 Å². The van der Waals surface area contributed by atoms with Gasteiger partial charge in [-0.3, -0.25) is 4.79 Å². The van der Waals surface area contributed by atoms with Crippen LogP contribution in [-0.2, 0) is 11.3 Å². The number of piperidine rings is 1. The Balaban J connectivity index is 1.50. The van der Waals surface area contributed by atoms with Crippen LogP contribution in [0.25, 0.3) is 0 Å². The molecule has 0 radical (unpaired) electrons. The van der Waals surface area contributed by atoms with Crippen molar-refractivity contribution in [2.75, 3.05) is 13.1 Å². The molecule has 0 spiro atoms. The standard InChI is InChI=1S/C19H31N3O/c1-15-12-20-16(2)22(15)14-18-8-5-11-21(13-18)19(23)10-9-17-6-3-4-7-17/h12,17-18H,3-11,13-14H2,1-2H3. The summed E-state index contributed by atoms with van der Waals surface area (Å²) < 4.78 is 2.30. The molecule has 4 heteroatoms. The van der Waals surface area contributed by atoms with E-state index in [1.165, 1.54) is 37.8 Å². The first-order chi connectivity index (χ1) is 11.1. The van der Waals surface area contributed by atoms with Crippen molar-refractivity contribution in [3.8, 4) is 0 Å². The van der Waals surface area contributed by atoms with Crippen molar-refractivity contribution in [3.05, 3.63) is 17.7 Å². The van der Waals surface area contributed by atoms with Crippen molar-refractivity contribution in [3.63, 3.8) is 0 Å². The molecule has 1 saturated carbocycles. The van der Waals surface area contributed by atoms with E-state index >= 15 is 0 Å². The van der Waals surface area contributed by atoms with E-state index in [2.05, 4.69) is 28.3 Å². The molecule has 0 N–H and O–H groups in total. The van der Waals surface area contributed by atoms with Crippen LogP contribution in [0.15, 0.2) is 6.20 Å². The topological polar surface area (TPSA) is 38.1 Å². The fourth-order valence-corrected chi connectivity index (χ4v) is 4.34. The van der Waals surface area contributed by atoms with E-state index in [1.54, 1.807) is 0 Å². The van der Waals surface area contributed by atoms with Crippen molar-refractivity contribution < 1.29 is 4.79 Å². The maximum Gasteiger partial charge on any atom is 0.222 e. The normalized spacial score (nSPS) is 22.7. The number of rotatable bonds is 5. The summed E-state index contributed by atoms with van der Waals surface area (Å²) in [7, 11) is 0. The number of nitrogens with zero attached hydrogens (tertiary/aromatic N) is 3. The average molecular weight is 317 g/mol. The Morgan fingerprint density at radius 3 is 2.61 bits per heavy atom. The summed E-state index contributed by atoms with van der Waals surface area (Å²) in [6.07, 6.45) is 11.6. The highest BCUT2D eigenvalue weighted by molar-refractivity contribution is 5.76. The monoisotopic (exact) mass is 317 g/mol. The second-order valence-electron chi connectivity index (χ2n) is 7.59. The fourth-order valence-electron chi connectivity index (χ4n) is 4.34. The first-order valence-electron chi connectivity index (χ1n) is 9.40. The average Bonchev–Trinajstić information content (AvgIpc) is 3.18. The van der Waals surface area contributed by atoms with Crippen LogP contribution in [0.2, 0.25) is 0 Å². The number of carbonyl (C=O) groups excluding carboxylic acids is 1. The van der Waals surface area contributed by atoms with Gasteiger partial charge >= 0.3 is 0 Å². The van der Waals surface area contributed by atoms with Gasteiger partial charge in [-0.1, -0.05) is 25.7 Å². The smallest absolute Gasteiger partial charge is 0.222 e. The number of amides is 1. The number of aromatic nitrogens is 2. The van der Waals surface area contributed by atoms with Gasteiger partial charge < -0.3 is 9.47 Å². The third kappa shape index (κ3) is 4.15. The summed E-state index contributed by atoms with van der Waals surface area (Å²) in [5, 5.41) is 0. The second kappa shape index (κ2) is 7.50. The Hall–Kier alpha value is -1.32. The fraction of sp³-hybridized carbons (Fsp3) is 0.789. The van der Waals surface area contributed by atoms with Crippen LogP contribution in [0.4, 0.5) is 0 Å². The first-order valence-corrected chi connectivity index (χ1v) is 9.40. The molecule has 128 valence electrons. The maximum absolute atomic E-state index is 12.5. The molecule has 1 amide bonds. The molecule has 1 aliphatic heterocycles. The van der Waals surface area contributed by atoms with E-state index < -0.39 is 0 Å². The van der Waals surface area contributed by atoms with Crippen molar-refractivity contribution in [2.24, 2.45) is 11.8 Å². The van der Waals surface area contributed by atoms with Gasteiger partial charge in [-0.15, -0.1) is 0 Å². The molecule has 1 aromatic rings. The summed E-state index contributed by atoms with van der Waals surface area (Å²) in [4.78, 5) is 19.1. The Kier molecular flexibility index (Phi) is 5.39. The Labute approximate surface area is 140 Å². The summed E-state index contributed by atoms with van der Waals surface area (Å²) in [5.41, 5.74) is 1.23. The summed E-state index contributed by atoms with van der Waals surface area (Å²) in [5.74, 6) is 2.87. The van der Waals surface area contributed by atoms with Crippen LogP contribution in [-0.4, -0.2) is 33.4 Å². The highest BCUT2D eigenvalue weighted by Crippen LogP contribution is 2.29. The zero-order chi connectivity index (χ0) is 16.2. The maximum atomic E-state index is 12.5. The molecule has 0 bridgehead atoms. The number of likely N-dealkylation sites (tertiary alicyclic amines) is 1. The molecule has 2 heterocycles. The Morgan fingerprint density at radius 2 is 1.91 bits per heavy atom. The van der Waals surface area contributed by atoms with Gasteiger partial charge in [0.15, 0.2) is 0 Å². The first kappa shape index (κ1) is 16.5. The molecule has 0 aromatic carbocycles. The zero-order valence-electron chi connectivity index (χ0n) is 14.8. The van der Waals surface area contributed by atoms with Gasteiger partial charge in [0.2, 0.25) is 5.91 Å². The van der Waals surface area contributed by atoms with Crippen LogP contribution in [0.3, 0.4) is 0 Å².